The van der Waals surface area contributed by atoms with E-state index in [1.54, 1.807) is 7.11 Å². The van der Waals surface area contributed by atoms with Crippen molar-refractivity contribution in [1.29, 1.82) is 0 Å². The molecule has 1 amide bonds. The molecule has 1 heterocycles. The highest BCUT2D eigenvalue weighted by Gasteiger charge is 2.26. The molecule has 1 fully saturated rings. The van der Waals surface area contributed by atoms with Gasteiger partial charge >= 0.3 is 0 Å². The van der Waals surface area contributed by atoms with Crippen LogP contribution in [0.2, 0.25) is 0 Å². The number of amides is 1. The summed E-state index contributed by atoms with van der Waals surface area (Å²) in [5.74, 6) is 0.808. The first-order chi connectivity index (χ1) is 14.2. The highest BCUT2D eigenvalue weighted by molar-refractivity contribution is 6.04. The Morgan fingerprint density at radius 2 is 1.72 bits per heavy atom. The molecule has 148 valence electrons. The quantitative estimate of drug-likeness (QED) is 0.626. The fourth-order valence-corrected chi connectivity index (χ4v) is 3.94. The Kier molecular flexibility index (Phi) is 5.92. The summed E-state index contributed by atoms with van der Waals surface area (Å²) in [4.78, 5) is 14.9. The van der Waals surface area contributed by atoms with E-state index >= 15 is 0 Å². The second kappa shape index (κ2) is 8.93. The van der Waals surface area contributed by atoms with Crippen molar-refractivity contribution in [3.8, 4) is 5.75 Å². The van der Waals surface area contributed by atoms with Gasteiger partial charge in [-0.15, -0.1) is 0 Å². The van der Waals surface area contributed by atoms with Crippen molar-refractivity contribution in [3.05, 3.63) is 95.6 Å². The number of nitrogens with zero attached hydrogens (tertiary/aromatic N) is 1. The lowest BCUT2D eigenvalue weighted by Crippen LogP contribution is -2.22. The summed E-state index contributed by atoms with van der Waals surface area (Å²) in [6.45, 7) is 1.98. The maximum atomic E-state index is 12.4. The van der Waals surface area contributed by atoms with Crippen molar-refractivity contribution in [3.63, 3.8) is 0 Å². The van der Waals surface area contributed by atoms with Crippen LogP contribution < -0.4 is 10.1 Å². The minimum atomic E-state index is -0.0833. The second-order valence-electron chi connectivity index (χ2n) is 7.42. The van der Waals surface area contributed by atoms with Crippen LogP contribution in [0.25, 0.3) is 0 Å². The summed E-state index contributed by atoms with van der Waals surface area (Å²) in [6.07, 6.45) is 2.37. The minimum absolute atomic E-state index is 0.0833. The molecule has 0 aromatic heterocycles. The summed E-state index contributed by atoms with van der Waals surface area (Å²) >= 11 is 0. The van der Waals surface area contributed by atoms with Gasteiger partial charge in [0, 0.05) is 23.8 Å². The third-order valence-electron chi connectivity index (χ3n) is 5.50. The molecule has 0 unspecified atom stereocenters. The molecular formula is C25H26N2O2. The molecule has 1 aliphatic heterocycles. The third-order valence-corrected chi connectivity index (χ3v) is 5.50. The fourth-order valence-electron chi connectivity index (χ4n) is 3.94. The molecule has 4 heteroatoms. The first kappa shape index (κ1) is 19.2. The Morgan fingerprint density at radius 3 is 2.41 bits per heavy atom. The number of benzene rings is 3. The Morgan fingerprint density at radius 1 is 1.00 bits per heavy atom. The summed E-state index contributed by atoms with van der Waals surface area (Å²) in [5.41, 5.74) is 4.04. The Hall–Kier alpha value is -3.11. The predicted octanol–water partition coefficient (Wildman–Crippen LogP) is 5.28. The van der Waals surface area contributed by atoms with Crippen LogP contribution in [-0.4, -0.2) is 24.5 Å². The lowest BCUT2D eigenvalue weighted by Gasteiger charge is -2.25. The van der Waals surface area contributed by atoms with E-state index in [2.05, 4.69) is 34.5 Å². The SMILES string of the molecule is COc1ccc([C@@H]2CCCN2Cc2ccc(C(=O)Nc3ccccc3)cc2)cc1. The lowest BCUT2D eigenvalue weighted by atomic mass is 10.0. The zero-order chi connectivity index (χ0) is 20.1. The number of likely N-dealkylation sites (tertiary alicyclic amines) is 1. The third kappa shape index (κ3) is 4.66. The van der Waals surface area contributed by atoms with E-state index in [0.29, 0.717) is 11.6 Å². The van der Waals surface area contributed by atoms with Crippen LogP contribution in [0.3, 0.4) is 0 Å². The fraction of sp³-hybridized carbons (Fsp3) is 0.240. The summed E-state index contributed by atoms with van der Waals surface area (Å²) < 4.78 is 5.28. The van der Waals surface area contributed by atoms with Crippen LogP contribution in [0, 0.1) is 0 Å². The Bertz CT molecular complexity index is 937. The van der Waals surface area contributed by atoms with Crippen LogP contribution >= 0.6 is 0 Å². The van der Waals surface area contributed by atoms with Crippen LogP contribution in [-0.2, 0) is 6.54 Å². The number of carbonyl (C=O) groups excluding carboxylic acids is 1. The zero-order valence-electron chi connectivity index (χ0n) is 16.7. The minimum Gasteiger partial charge on any atom is -0.497 e. The van der Waals surface area contributed by atoms with Crippen LogP contribution in [0.4, 0.5) is 5.69 Å². The van der Waals surface area contributed by atoms with Gasteiger partial charge in [0.25, 0.3) is 5.91 Å². The van der Waals surface area contributed by atoms with Crippen LogP contribution in [0.5, 0.6) is 5.75 Å². The molecule has 1 aliphatic rings. The number of ether oxygens (including phenoxy) is 1. The average Bonchev–Trinajstić information content (AvgIpc) is 3.23. The molecule has 0 radical (unpaired) electrons. The van der Waals surface area contributed by atoms with E-state index in [0.717, 1.165) is 24.5 Å². The van der Waals surface area contributed by atoms with Gasteiger partial charge in [0.15, 0.2) is 0 Å². The molecule has 0 aliphatic carbocycles. The summed E-state index contributed by atoms with van der Waals surface area (Å²) in [6, 6.07) is 26.3. The van der Waals surface area contributed by atoms with Gasteiger partial charge in [0.1, 0.15) is 5.75 Å². The smallest absolute Gasteiger partial charge is 0.255 e. The van der Waals surface area contributed by atoms with E-state index < -0.39 is 0 Å². The molecule has 1 atom stereocenters. The van der Waals surface area contributed by atoms with Gasteiger partial charge in [-0.3, -0.25) is 9.69 Å². The van der Waals surface area contributed by atoms with Gasteiger partial charge in [-0.05, 0) is 66.9 Å². The molecule has 0 saturated carbocycles. The Labute approximate surface area is 172 Å². The molecule has 29 heavy (non-hydrogen) atoms. The summed E-state index contributed by atoms with van der Waals surface area (Å²) in [7, 11) is 1.70. The normalized spacial score (nSPS) is 16.5. The first-order valence-electron chi connectivity index (χ1n) is 10.1. The zero-order valence-corrected chi connectivity index (χ0v) is 16.7. The van der Waals surface area contributed by atoms with E-state index in [1.807, 2.05) is 54.6 Å². The van der Waals surface area contributed by atoms with E-state index in [1.165, 1.54) is 24.0 Å². The number of para-hydroxylation sites is 1. The molecule has 1 N–H and O–H groups in total. The van der Waals surface area contributed by atoms with E-state index in [9.17, 15) is 4.79 Å². The van der Waals surface area contributed by atoms with Crippen LogP contribution in [0.1, 0.15) is 40.4 Å². The number of nitrogens with one attached hydrogen (secondary N) is 1. The van der Waals surface area contributed by atoms with Crippen molar-refractivity contribution < 1.29 is 9.53 Å². The lowest BCUT2D eigenvalue weighted by molar-refractivity contribution is 0.102. The number of hydrogen-bond donors (Lipinski definition) is 1. The monoisotopic (exact) mass is 386 g/mol. The van der Waals surface area contributed by atoms with Crippen molar-refractivity contribution >= 4 is 11.6 Å². The molecular weight excluding hydrogens is 360 g/mol. The van der Waals surface area contributed by atoms with Gasteiger partial charge in [0.05, 0.1) is 7.11 Å². The maximum absolute atomic E-state index is 12.4. The van der Waals surface area contributed by atoms with Crippen molar-refractivity contribution in [1.82, 2.24) is 4.90 Å². The largest absolute Gasteiger partial charge is 0.497 e. The summed E-state index contributed by atoms with van der Waals surface area (Å²) in [5, 5.41) is 2.93. The van der Waals surface area contributed by atoms with Gasteiger partial charge in [-0.25, -0.2) is 0 Å². The van der Waals surface area contributed by atoms with E-state index in [4.69, 9.17) is 4.74 Å². The molecule has 3 aromatic rings. The predicted molar refractivity (Wildman–Crippen MR) is 116 cm³/mol. The maximum Gasteiger partial charge on any atom is 0.255 e. The van der Waals surface area contributed by atoms with Gasteiger partial charge < -0.3 is 10.1 Å². The average molecular weight is 386 g/mol. The molecule has 1 saturated heterocycles. The topological polar surface area (TPSA) is 41.6 Å². The van der Waals surface area contributed by atoms with Crippen molar-refractivity contribution in [2.75, 3.05) is 19.0 Å². The highest BCUT2D eigenvalue weighted by atomic mass is 16.5. The molecule has 4 rings (SSSR count). The number of carbonyl (C=O) groups is 1. The van der Waals surface area contributed by atoms with Gasteiger partial charge in [-0.2, -0.15) is 0 Å². The standard InChI is InChI=1S/C25H26N2O2/c1-29-23-15-13-20(14-16-23)24-8-5-17-27(24)18-19-9-11-21(12-10-19)25(28)26-22-6-3-2-4-7-22/h2-4,6-7,9-16,24H,5,8,17-18H2,1H3,(H,26,28)/t24-/m0/s1. The number of methoxy groups -OCH3 is 1. The van der Waals surface area contributed by atoms with Gasteiger partial charge in [0.2, 0.25) is 0 Å². The molecule has 0 spiro atoms. The molecule has 4 nitrogen and oxygen atoms in total. The molecule has 0 bridgehead atoms. The first-order valence-corrected chi connectivity index (χ1v) is 10.1. The molecule has 3 aromatic carbocycles. The number of anilines is 1. The van der Waals surface area contributed by atoms with Gasteiger partial charge in [-0.1, -0.05) is 42.5 Å². The Balaban J connectivity index is 1.40. The van der Waals surface area contributed by atoms with Crippen molar-refractivity contribution in [2.24, 2.45) is 0 Å². The number of hydrogen-bond acceptors (Lipinski definition) is 3. The number of rotatable bonds is 6. The van der Waals surface area contributed by atoms with E-state index in [-0.39, 0.29) is 5.91 Å². The second-order valence-corrected chi connectivity index (χ2v) is 7.42. The highest BCUT2D eigenvalue weighted by Crippen LogP contribution is 2.33. The van der Waals surface area contributed by atoms with Crippen LogP contribution in [0.15, 0.2) is 78.9 Å². The van der Waals surface area contributed by atoms with Crippen molar-refractivity contribution in [2.45, 2.75) is 25.4 Å².